The molecule has 0 aliphatic rings. The summed E-state index contributed by atoms with van der Waals surface area (Å²) in [6, 6.07) is 0.494. The fraction of sp³-hybridized carbons (Fsp3) is 0.800. The van der Waals surface area contributed by atoms with E-state index in [9.17, 15) is 0 Å². The minimum Gasteiger partial charge on any atom is -0.383 e. The fourth-order valence-corrected chi connectivity index (χ4v) is 3.38. The van der Waals surface area contributed by atoms with Crippen molar-refractivity contribution in [2.24, 2.45) is 0 Å². The van der Waals surface area contributed by atoms with Gasteiger partial charge in [0.15, 0.2) is 5.13 Å². The average Bonchev–Trinajstić information content (AvgIpc) is 2.83. The van der Waals surface area contributed by atoms with Crippen molar-refractivity contribution in [2.45, 2.75) is 52.6 Å². The highest BCUT2D eigenvalue weighted by atomic mass is 32.1. The number of anilines is 1. The average molecular weight is 299 g/mol. The summed E-state index contributed by atoms with van der Waals surface area (Å²) in [4.78, 5) is 8.64. The molecule has 116 valence electrons. The molecule has 0 amide bonds. The lowest BCUT2D eigenvalue weighted by Crippen LogP contribution is -2.35. The SMILES string of the molecule is CCCc1nc(N(CCOC)C(C)CC)sc1CNC. The maximum absolute atomic E-state index is 5.24. The number of thiazole rings is 1. The first-order valence-corrected chi connectivity index (χ1v) is 8.38. The zero-order valence-corrected chi connectivity index (χ0v) is 14.3. The Bertz CT molecular complexity index is 358. The van der Waals surface area contributed by atoms with Crippen molar-refractivity contribution in [3.63, 3.8) is 0 Å². The van der Waals surface area contributed by atoms with Crippen LogP contribution >= 0.6 is 11.3 Å². The number of hydrogen-bond donors (Lipinski definition) is 1. The predicted octanol–water partition coefficient (Wildman–Crippen LogP) is 3.07. The zero-order chi connectivity index (χ0) is 15.0. The van der Waals surface area contributed by atoms with Crippen LogP contribution in [0.2, 0.25) is 0 Å². The van der Waals surface area contributed by atoms with E-state index >= 15 is 0 Å². The molecule has 0 aliphatic heterocycles. The number of hydrogen-bond acceptors (Lipinski definition) is 5. The lowest BCUT2D eigenvalue weighted by Gasteiger charge is -2.27. The summed E-state index contributed by atoms with van der Waals surface area (Å²) in [6.07, 6.45) is 3.32. The van der Waals surface area contributed by atoms with Gasteiger partial charge in [-0.05, 0) is 26.8 Å². The van der Waals surface area contributed by atoms with Crippen molar-refractivity contribution in [1.82, 2.24) is 10.3 Å². The van der Waals surface area contributed by atoms with E-state index in [0.29, 0.717) is 6.04 Å². The quantitative estimate of drug-likeness (QED) is 0.720. The lowest BCUT2D eigenvalue weighted by atomic mass is 10.2. The van der Waals surface area contributed by atoms with Gasteiger partial charge in [-0.2, -0.15) is 0 Å². The number of nitrogens with one attached hydrogen (secondary N) is 1. The molecule has 1 rings (SSSR count). The van der Waals surface area contributed by atoms with Crippen LogP contribution in [0.5, 0.6) is 0 Å². The van der Waals surface area contributed by atoms with Gasteiger partial charge in [0.2, 0.25) is 0 Å². The largest absolute Gasteiger partial charge is 0.383 e. The second-order valence-corrected chi connectivity index (χ2v) is 6.15. The Morgan fingerprint density at radius 2 is 2.15 bits per heavy atom. The van der Waals surface area contributed by atoms with Gasteiger partial charge in [-0.3, -0.25) is 0 Å². The Morgan fingerprint density at radius 3 is 2.70 bits per heavy atom. The molecule has 1 N–H and O–H groups in total. The van der Waals surface area contributed by atoms with Crippen molar-refractivity contribution in [3.05, 3.63) is 10.6 Å². The van der Waals surface area contributed by atoms with Crippen LogP contribution < -0.4 is 10.2 Å². The Balaban J connectivity index is 2.96. The highest BCUT2D eigenvalue weighted by Gasteiger charge is 2.19. The van der Waals surface area contributed by atoms with E-state index in [2.05, 4.69) is 31.0 Å². The molecule has 4 nitrogen and oxygen atoms in total. The summed E-state index contributed by atoms with van der Waals surface area (Å²) < 4.78 is 5.24. The Morgan fingerprint density at radius 1 is 1.40 bits per heavy atom. The maximum Gasteiger partial charge on any atom is 0.186 e. The van der Waals surface area contributed by atoms with Gasteiger partial charge in [-0.15, -0.1) is 11.3 Å². The number of rotatable bonds is 10. The fourth-order valence-electron chi connectivity index (χ4n) is 2.14. The molecular formula is C15H29N3OS. The van der Waals surface area contributed by atoms with E-state index in [1.54, 1.807) is 7.11 Å². The summed E-state index contributed by atoms with van der Waals surface area (Å²) in [5.41, 5.74) is 1.26. The Hall–Kier alpha value is -0.650. The second kappa shape index (κ2) is 9.32. The zero-order valence-electron chi connectivity index (χ0n) is 13.5. The molecule has 1 aromatic heterocycles. The first-order valence-electron chi connectivity index (χ1n) is 7.56. The number of methoxy groups -OCH3 is 1. The molecular weight excluding hydrogens is 270 g/mol. The second-order valence-electron chi connectivity index (χ2n) is 5.09. The van der Waals surface area contributed by atoms with Gasteiger partial charge in [0.1, 0.15) is 0 Å². The molecule has 1 heterocycles. The van der Waals surface area contributed by atoms with Crippen LogP contribution in [0.3, 0.4) is 0 Å². The van der Waals surface area contributed by atoms with Crippen LogP contribution in [0.4, 0.5) is 5.13 Å². The normalized spacial score (nSPS) is 12.7. The van der Waals surface area contributed by atoms with Gasteiger partial charge in [-0.25, -0.2) is 4.98 Å². The van der Waals surface area contributed by atoms with Gasteiger partial charge in [0.05, 0.1) is 12.3 Å². The minimum atomic E-state index is 0.494. The summed E-state index contributed by atoms with van der Waals surface area (Å²) in [7, 11) is 3.75. The van der Waals surface area contributed by atoms with Crippen molar-refractivity contribution in [1.29, 1.82) is 0 Å². The van der Waals surface area contributed by atoms with Crippen molar-refractivity contribution >= 4 is 16.5 Å². The molecule has 1 atom stereocenters. The van der Waals surface area contributed by atoms with Crippen LogP contribution in [0.15, 0.2) is 0 Å². The highest BCUT2D eigenvalue weighted by Crippen LogP contribution is 2.29. The summed E-state index contributed by atoms with van der Waals surface area (Å²) in [5, 5.41) is 4.39. The third-order valence-electron chi connectivity index (χ3n) is 3.50. The minimum absolute atomic E-state index is 0.494. The first-order chi connectivity index (χ1) is 9.67. The summed E-state index contributed by atoms with van der Waals surface area (Å²) in [6.45, 7) is 9.25. The monoisotopic (exact) mass is 299 g/mol. The molecule has 0 fully saturated rings. The number of ether oxygens (including phenoxy) is 1. The van der Waals surface area contributed by atoms with E-state index in [4.69, 9.17) is 9.72 Å². The molecule has 0 saturated heterocycles. The number of aromatic nitrogens is 1. The molecule has 5 heteroatoms. The summed E-state index contributed by atoms with van der Waals surface area (Å²) in [5.74, 6) is 0. The van der Waals surface area contributed by atoms with Gasteiger partial charge in [-0.1, -0.05) is 20.3 Å². The van der Waals surface area contributed by atoms with E-state index in [1.807, 2.05) is 18.4 Å². The molecule has 0 radical (unpaired) electrons. The van der Waals surface area contributed by atoms with Gasteiger partial charge in [0, 0.05) is 31.1 Å². The van der Waals surface area contributed by atoms with Crippen LogP contribution in [-0.2, 0) is 17.7 Å². The molecule has 0 saturated carbocycles. The van der Waals surface area contributed by atoms with Crippen molar-refractivity contribution in [3.8, 4) is 0 Å². The maximum atomic E-state index is 5.24. The van der Waals surface area contributed by atoms with Gasteiger partial charge >= 0.3 is 0 Å². The van der Waals surface area contributed by atoms with Crippen LogP contribution in [0.25, 0.3) is 0 Å². The molecule has 0 aliphatic carbocycles. The first kappa shape index (κ1) is 17.4. The van der Waals surface area contributed by atoms with Gasteiger partial charge in [0.25, 0.3) is 0 Å². The van der Waals surface area contributed by atoms with Crippen LogP contribution in [0.1, 0.15) is 44.2 Å². The molecule has 0 spiro atoms. The number of nitrogens with zero attached hydrogens (tertiary/aromatic N) is 2. The van der Waals surface area contributed by atoms with E-state index in [-0.39, 0.29) is 0 Å². The predicted molar refractivity (Wildman–Crippen MR) is 87.8 cm³/mol. The standard InChI is InChI=1S/C15H29N3OS/c1-6-8-13-14(11-16-4)20-15(17-13)18(9-10-19-5)12(3)7-2/h12,16H,6-11H2,1-5H3. The molecule has 0 aromatic carbocycles. The van der Waals surface area contributed by atoms with E-state index in [0.717, 1.165) is 44.1 Å². The Kier molecular flexibility index (Phi) is 8.11. The molecule has 20 heavy (non-hydrogen) atoms. The van der Waals surface area contributed by atoms with E-state index < -0.39 is 0 Å². The molecule has 0 bridgehead atoms. The topological polar surface area (TPSA) is 37.4 Å². The van der Waals surface area contributed by atoms with Crippen LogP contribution in [-0.4, -0.2) is 38.3 Å². The summed E-state index contributed by atoms with van der Waals surface area (Å²) >= 11 is 1.82. The third kappa shape index (κ3) is 4.72. The Labute approximate surface area is 127 Å². The molecule has 1 aromatic rings. The molecule has 1 unspecified atom stereocenters. The van der Waals surface area contributed by atoms with Gasteiger partial charge < -0.3 is 15.0 Å². The smallest absolute Gasteiger partial charge is 0.186 e. The number of aryl methyl sites for hydroxylation is 1. The van der Waals surface area contributed by atoms with Crippen LogP contribution in [0, 0.1) is 0 Å². The van der Waals surface area contributed by atoms with E-state index in [1.165, 1.54) is 10.6 Å². The third-order valence-corrected chi connectivity index (χ3v) is 4.63. The lowest BCUT2D eigenvalue weighted by molar-refractivity contribution is 0.203. The van der Waals surface area contributed by atoms with Crippen molar-refractivity contribution < 1.29 is 4.74 Å². The highest BCUT2D eigenvalue weighted by molar-refractivity contribution is 7.15. The van der Waals surface area contributed by atoms with Crippen molar-refractivity contribution in [2.75, 3.05) is 32.2 Å².